The molecule has 2 heterocycles. The van der Waals surface area contributed by atoms with Gasteiger partial charge in [0.05, 0.1) is 27.3 Å². The molecule has 0 aromatic heterocycles. The molecule has 2 bridgehead atoms. The van der Waals surface area contributed by atoms with E-state index in [-0.39, 0.29) is 0 Å². The summed E-state index contributed by atoms with van der Waals surface area (Å²) in [6, 6.07) is 1.56. The minimum atomic E-state index is 0.780. The maximum atomic E-state index is 5.56. The van der Waals surface area contributed by atoms with Gasteiger partial charge in [-0.2, -0.15) is 0 Å². The maximum absolute atomic E-state index is 5.56. The molecule has 2 nitrogen and oxygen atoms in total. The molecule has 64 valence electrons. The van der Waals surface area contributed by atoms with E-state index in [0.29, 0.717) is 0 Å². The lowest BCUT2D eigenvalue weighted by Crippen LogP contribution is -2.64. The van der Waals surface area contributed by atoms with Gasteiger partial charge in [-0.1, -0.05) is 0 Å². The summed E-state index contributed by atoms with van der Waals surface area (Å²) in [5.74, 6) is 0. The van der Waals surface area contributed by atoms with Gasteiger partial charge in [-0.25, -0.2) is 0 Å². The van der Waals surface area contributed by atoms with Gasteiger partial charge in [0.25, 0.3) is 0 Å². The summed E-state index contributed by atoms with van der Waals surface area (Å²) in [5.41, 5.74) is 0. The van der Waals surface area contributed by atoms with Crippen LogP contribution in [0.3, 0.4) is 0 Å². The molecule has 2 atom stereocenters. The van der Waals surface area contributed by atoms with Gasteiger partial charge < -0.3 is 9.22 Å². The van der Waals surface area contributed by atoms with Crippen molar-refractivity contribution in [2.75, 3.05) is 27.3 Å². The van der Waals surface area contributed by atoms with E-state index in [4.69, 9.17) is 4.74 Å². The Labute approximate surface area is 68.7 Å². The Morgan fingerprint density at radius 2 is 1.64 bits per heavy atom. The van der Waals surface area contributed by atoms with Crippen LogP contribution in [0.1, 0.15) is 19.3 Å². The fraction of sp³-hybridized carbons (Fsp3) is 1.00. The first-order valence-corrected chi connectivity index (χ1v) is 4.62. The van der Waals surface area contributed by atoms with Gasteiger partial charge >= 0.3 is 0 Å². The summed E-state index contributed by atoms with van der Waals surface area (Å²) >= 11 is 0. The van der Waals surface area contributed by atoms with E-state index < -0.39 is 0 Å². The van der Waals surface area contributed by atoms with Crippen LogP contribution in [0.25, 0.3) is 0 Å². The molecule has 2 aliphatic rings. The number of fused-ring (bicyclic) bond motifs is 2. The number of likely N-dealkylation sites (N-methyl/N-ethyl adjacent to an activating group) is 1. The molecule has 11 heavy (non-hydrogen) atoms. The smallest absolute Gasteiger partial charge is 0.113 e. The fourth-order valence-electron chi connectivity index (χ4n) is 2.44. The number of morpholine rings is 1. The normalized spacial score (nSPS) is 42.0. The van der Waals surface area contributed by atoms with Crippen LogP contribution >= 0.6 is 0 Å². The monoisotopic (exact) mass is 156 g/mol. The van der Waals surface area contributed by atoms with Crippen LogP contribution in [0.2, 0.25) is 0 Å². The zero-order valence-corrected chi connectivity index (χ0v) is 7.55. The summed E-state index contributed by atoms with van der Waals surface area (Å²) in [6.45, 7) is 1.98. The molecule has 0 saturated carbocycles. The summed E-state index contributed by atoms with van der Waals surface area (Å²) in [4.78, 5) is 0. The Kier molecular flexibility index (Phi) is 1.69. The molecule has 2 aliphatic heterocycles. The predicted octanol–water partition coefficient (Wildman–Crippen LogP) is 1.01. The number of quaternary nitrogens is 1. The van der Waals surface area contributed by atoms with Gasteiger partial charge in [-0.05, 0) is 6.42 Å². The Morgan fingerprint density at radius 3 is 2.09 bits per heavy atom. The molecule has 0 aromatic carbocycles. The largest absolute Gasteiger partial charge is 0.369 e. The van der Waals surface area contributed by atoms with Crippen LogP contribution in [0.5, 0.6) is 0 Å². The second kappa shape index (κ2) is 2.46. The maximum Gasteiger partial charge on any atom is 0.113 e. The number of hydrogen-bond acceptors (Lipinski definition) is 1. The summed E-state index contributed by atoms with van der Waals surface area (Å²) in [7, 11) is 4.72. The molecule has 2 saturated heterocycles. The molecule has 0 spiro atoms. The lowest BCUT2D eigenvalue weighted by Gasteiger charge is -2.50. The quantitative estimate of drug-likeness (QED) is 0.476. The molecule has 2 rings (SSSR count). The molecule has 2 fully saturated rings. The predicted molar refractivity (Wildman–Crippen MR) is 44.4 cm³/mol. The van der Waals surface area contributed by atoms with E-state index in [0.717, 1.165) is 25.3 Å². The van der Waals surface area contributed by atoms with Crippen molar-refractivity contribution in [3.63, 3.8) is 0 Å². The second-order valence-electron chi connectivity index (χ2n) is 4.41. The van der Waals surface area contributed by atoms with Crippen LogP contribution in [-0.4, -0.2) is 43.9 Å². The van der Waals surface area contributed by atoms with Crippen LogP contribution in [0, 0.1) is 0 Å². The van der Waals surface area contributed by atoms with Crippen molar-refractivity contribution in [3.05, 3.63) is 0 Å². The van der Waals surface area contributed by atoms with Crippen molar-refractivity contribution >= 4 is 0 Å². The highest BCUT2D eigenvalue weighted by Crippen LogP contribution is 2.31. The lowest BCUT2D eigenvalue weighted by atomic mass is 9.92. The standard InChI is InChI=1S/C9H18NO/c1-10(2)8-4-3-5-9(10)7-11-6-8/h8-9H,3-7H2,1-2H3/q+1/t8-,9-/m1/s1. The van der Waals surface area contributed by atoms with Crippen LogP contribution in [0.15, 0.2) is 0 Å². The summed E-state index contributed by atoms with van der Waals surface area (Å²) in [6.07, 6.45) is 4.15. The van der Waals surface area contributed by atoms with Crippen molar-refractivity contribution in [1.82, 2.24) is 0 Å². The molecule has 2 heteroatoms. The van der Waals surface area contributed by atoms with Crippen molar-refractivity contribution in [3.8, 4) is 0 Å². The third-order valence-electron chi connectivity index (χ3n) is 3.58. The van der Waals surface area contributed by atoms with E-state index in [1.54, 1.807) is 0 Å². The lowest BCUT2D eigenvalue weighted by molar-refractivity contribution is -0.952. The highest BCUT2D eigenvalue weighted by Gasteiger charge is 2.43. The minimum absolute atomic E-state index is 0.780. The zero-order valence-electron chi connectivity index (χ0n) is 7.55. The first kappa shape index (κ1) is 7.56. The number of ether oxygens (including phenoxy) is 1. The first-order chi connectivity index (χ1) is 5.21. The Balaban J connectivity index is 2.17. The molecule has 0 aliphatic carbocycles. The molecule has 0 aromatic rings. The zero-order chi connectivity index (χ0) is 7.90. The molecule has 0 amide bonds. The van der Waals surface area contributed by atoms with E-state index in [1.165, 1.54) is 23.7 Å². The highest BCUT2D eigenvalue weighted by atomic mass is 16.5. The SMILES string of the molecule is C[N+]1(C)[C@@H]2CCC[C@@H]1COC2. The Bertz CT molecular complexity index is 132. The van der Waals surface area contributed by atoms with Crippen molar-refractivity contribution in [2.45, 2.75) is 31.3 Å². The van der Waals surface area contributed by atoms with Crippen molar-refractivity contribution in [1.29, 1.82) is 0 Å². The number of rotatable bonds is 0. The van der Waals surface area contributed by atoms with Gasteiger partial charge in [-0.15, -0.1) is 0 Å². The van der Waals surface area contributed by atoms with E-state index in [1.807, 2.05) is 0 Å². The number of hydrogen-bond donors (Lipinski definition) is 0. The summed E-state index contributed by atoms with van der Waals surface area (Å²) < 4.78 is 6.76. The molecule has 0 radical (unpaired) electrons. The second-order valence-corrected chi connectivity index (χ2v) is 4.41. The third-order valence-corrected chi connectivity index (χ3v) is 3.58. The first-order valence-electron chi connectivity index (χ1n) is 4.62. The molecular formula is C9H18NO+. The van der Waals surface area contributed by atoms with E-state index >= 15 is 0 Å². The van der Waals surface area contributed by atoms with Crippen LogP contribution in [0.4, 0.5) is 0 Å². The summed E-state index contributed by atoms with van der Waals surface area (Å²) in [5, 5.41) is 0. The Hall–Kier alpha value is -0.0800. The number of piperidine rings is 1. The Morgan fingerprint density at radius 1 is 1.09 bits per heavy atom. The van der Waals surface area contributed by atoms with Crippen molar-refractivity contribution in [2.24, 2.45) is 0 Å². The average molecular weight is 156 g/mol. The molecule has 0 N–H and O–H groups in total. The number of nitrogens with zero attached hydrogens (tertiary/aromatic N) is 1. The average Bonchev–Trinajstić information content (AvgIpc) is 1.82. The van der Waals surface area contributed by atoms with Gasteiger partial charge in [0.15, 0.2) is 0 Å². The van der Waals surface area contributed by atoms with Crippen LogP contribution in [-0.2, 0) is 4.74 Å². The van der Waals surface area contributed by atoms with Crippen LogP contribution < -0.4 is 0 Å². The van der Waals surface area contributed by atoms with Crippen molar-refractivity contribution < 1.29 is 9.22 Å². The topological polar surface area (TPSA) is 9.23 Å². The van der Waals surface area contributed by atoms with Gasteiger partial charge in [0.1, 0.15) is 12.1 Å². The van der Waals surface area contributed by atoms with Gasteiger partial charge in [-0.3, -0.25) is 0 Å². The van der Waals surface area contributed by atoms with Gasteiger partial charge in [0.2, 0.25) is 0 Å². The van der Waals surface area contributed by atoms with E-state index in [2.05, 4.69) is 14.1 Å². The molecular weight excluding hydrogens is 138 g/mol. The third kappa shape index (κ3) is 1.09. The highest BCUT2D eigenvalue weighted by molar-refractivity contribution is 4.75. The fourth-order valence-corrected chi connectivity index (χ4v) is 2.44. The molecule has 0 unspecified atom stereocenters. The van der Waals surface area contributed by atoms with E-state index in [9.17, 15) is 0 Å². The minimum Gasteiger partial charge on any atom is -0.369 e. The van der Waals surface area contributed by atoms with Gasteiger partial charge in [0, 0.05) is 12.8 Å².